The highest BCUT2D eigenvalue weighted by molar-refractivity contribution is 6.30. The fraction of sp³-hybridized carbons (Fsp3) is 0.357. The zero-order valence-corrected chi connectivity index (χ0v) is 12.7. The van der Waals surface area contributed by atoms with E-state index < -0.39 is 0 Å². The molecular formula is C14H17ClN4O2. The SMILES string of the molecule is CCCNc1nc(OCC)nc(Oc2ccc(Cl)cc2)n1. The molecule has 0 amide bonds. The number of hydrogen-bond acceptors (Lipinski definition) is 6. The van der Waals surface area contributed by atoms with Gasteiger partial charge in [-0.05, 0) is 37.6 Å². The number of anilines is 1. The van der Waals surface area contributed by atoms with Gasteiger partial charge in [0.05, 0.1) is 6.61 Å². The van der Waals surface area contributed by atoms with Gasteiger partial charge < -0.3 is 14.8 Å². The number of ether oxygens (including phenoxy) is 2. The van der Waals surface area contributed by atoms with E-state index in [2.05, 4.69) is 27.2 Å². The second-order valence-corrected chi connectivity index (χ2v) is 4.58. The zero-order chi connectivity index (χ0) is 15.1. The smallest absolute Gasteiger partial charge is 0.330 e. The van der Waals surface area contributed by atoms with Crippen LogP contribution in [0.25, 0.3) is 0 Å². The fourth-order valence-corrected chi connectivity index (χ4v) is 1.63. The predicted octanol–water partition coefficient (Wildman–Crippen LogP) is 3.54. The number of benzene rings is 1. The summed E-state index contributed by atoms with van der Waals surface area (Å²) in [6.45, 7) is 5.15. The Morgan fingerprint density at radius 2 is 1.76 bits per heavy atom. The average Bonchev–Trinajstić information content (AvgIpc) is 2.48. The van der Waals surface area contributed by atoms with Gasteiger partial charge in [0, 0.05) is 11.6 Å². The van der Waals surface area contributed by atoms with Gasteiger partial charge in [0.25, 0.3) is 0 Å². The average molecular weight is 309 g/mol. The molecular weight excluding hydrogens is 292 g/mol. The number of nitrogens with zero attached hydrogens (tertiary/aromatic N) is 3. The Hall–Kier alpha value is -2.08. The minimum Gasteiger partial charge on any atom is -0.464 e. The maximum atomic E-state index is 5.84. The Labute approximate surface area is 128 Å². The third-order valence-corrected chi connectivity index (χ3v) is 2.68. The van der Waals surface area contributed by atoms with E-state index in [1.165, 1.54) is 0 Å². The van der Waals surface area contributed by atoms with E-state index in [1.54, 1.807) is 24.3 Å². The maximum Gasteiger partial charge on any atom is 0.330 e. The normalized spacial score (nSPS) is 10.2. The van der Waals surface area contributed by atoms with E-state index >= 15 is 0 Å². The summed E-state index contributed by atoms with van der Waals surface area (Å²) in [6.07, 6.45) is 0.961. The Morgan fingerprint density at radius 1 is 1.05 bits per heavy atom. The van der Waals surface area contributed by atoms with Crippen LogP contribution in [0.4, 0.5) is 5.95 Å². The van der Waals surface area contributed by atoms with E-state index in [4.69, 9.17) is 21.1 Å². The highest BCUT2D eigenvalue weighted by atomic mass is 35.5. The van der Waals surface area contributed by atoms with Gasteiger partial charge in [-0.2, -0.15) is 9.97 Å². The minimum absolute atomic E-state index is 0.175. The second kappa shape index (κ2) is 7.64. The quantitative estimate of drug-likeness (QED) is 0.843. The van der Waals surface area contributed by atoms with Crippen molar-refractivity contribution in [1.82, 2.24) is 15.0 Å². The van der Waals surface area contributed by atoms with Crippen molar-refractivity contribution < 1.29 is 9.47 Å². The molecule has 7 heteroatoms. The summed E-state index contributed by atoms with van der Waals surface area (Å²) in [7, 11) is 0. The van der Waals surface area contributed by atoms with Crippen molar-refractivity contribution in [2.45, 2.75) is 20.3 Å². The van der Waals surface area contributed by atoms with Gasteiger partial charge in [0.1, 0.15) is 5.75 Å². The minimum atomic E-state index is 0.175. The molecule has 0 aliphatic rings. The summed E-state index contributed by atoms with van der Waals surface area (Å²) < 4.78 is 10.9. The molecule has 0 spiro atoms. The largest absolute Gasteiger partial charge is 0.464 e. The number of hydrogen-bond donors (Lipinski definition) is 1. The van der Waals surface area contributed by atoms with Gasteiger partial charge in [-0.3, -0.25) is 0 Å². The van der Waals surface area contributed by atoms with Crippen molar-refractivity contribution in [2.75, 3.05) is 18.5 Å². The molecule has 0 saturated carbocycles. The van der Waals surface area contributed by atoms with E-state index in [9.17, 15) is 0 Å². The Kier molecular flexibility index (Phi) is 5.57. The zero-order valence-electron chi connectivity index (χ0n) is 12.0. The molecule has 6 nitrogen and oxygen atoms in total. The maximum absolute atomic E-state index is 5.84. The monoisotopic (exact) mass is 308 g/mol. The highest BCUT2D eigenvalue weighted by Gasteiger charge is 2.09. The van der Waals surface area contributed by atoms with Gasteiger partial charge in [0.15, 0.2) is 0 Å². The Bertz CT molecular complexity index is 578. The van der Waals surface area contributed by atoms with Gasteiger partial charge in [-0.25, -0.2) is 0 Å². The van der Waals surface area contributed by atoms with Crippen molar-refractivity contribution >= 4 is 17.5 Å². The number of aromatic nitrogens is 3. The molecule has 21 heavy (non-hydrogen) atoms. The molecule has 0 radical (unpaired) electrons. The molecule has 0 bridgehead atoms. The van der Waals surface area contributed by atoms with Gasteiger partial charge in [0.2, 0.25) is 5.95 Å². The first-order chi connectivity index (χ1) is 10.2. The molecule has 0 saturated heterocycles. The molecule has 1 aromatic heterocycles. The van der Waals surface area contributed by atoms with Crippen molar-refractivity contribution in [1.29, 1.82) is 0 Å². The van der Waals surface area contributed by atoms with E-state index in [0.29, 0.717) is 23.3 Å². The number of halogens is 1. The van der Waals surface area contributed by atoms with E-state index in [0.717, 1.165) is 13.0 Å². The molecule has 2 rings (SSSR count). The first-order valence-electron chi connectivity index (χ1n) is 6.77. The van der Waals surface area contributed by atoms with Gasteiger partial charge >= 0.3 is 12.0 Å². The third-order valence-electron chi connectivity index (χ3n) is 2.42. The van der Waals surface area contributed by atoms with Crippen LogP contribution in [0.15, 0.2) is 24.3 Å². The van der Waals surface area contributed by atoms with Crippen LogP contribution in [0.2, 0.25) is 5.02 Å². The standard InChI is InChI=1S/C14H17ClN4O2/c1-3-9-16-12-17-13(20-4-2)19-14(18-12)21-11-7-5-10(15)6-8-11/h5-8H,3-4,9H2,1-2H3,(H,16,17,18,19). The molecule has 0 aliphatic heterocycles. The van der Waals surface area contributed by atoms with Crippen LogP contribution in [-0.4, -0.2) is 28.1 Å². The second-order valence-electron chi connectivity index (χ2n) is 4.14. The topological polar surface area (TPSA) is 69.2 Å². The lowest BCUT2D eigenvalue weighted by Gasteiger charge is -2.09. The molecule has 0 atom stereocenters. The molecule has 0 aliphatic carbocycles. The van der Waals surface area contributed by atoms with Crippen molar-refractivity contribution in [3.8, 4) is 17.8 Å². The number of rotatable bonds is 7. The number of nitrogens with one attached hydrogen (secondary N) is 1. The van der Waals surface area contributed by atoms with Crippen LogP contribution in [-0.2, 0) is 0 Å². The van der Waals surface area contributed by atoms with E-state index in [1.807, 2.05) is 6.92 Å². The fourth-order valence-electron chi connectivity index (χ4n) is 1.50. The van der Waals surface area contributed by atoms with Crippen LogP contribution >= 0.6 is 11.6 Å². The Morgan fingerprint density at radius 3 is 2.43 bits per heavy atom. The molecule has 0 fully saturated rings. The van der Waals surface area contributed by atoms with Crippen molar-refractivity contribution in [3.63, 3.8) is 0 Å². The summed E-state index contributed by atoms with van der Waals surface area (Å²) in [4.78, 5) is 12.5. The molecule has 112 valence electrons. The lowest BCUT2D eigenvalue weighted by atomic mass is 10.3. The summed E-state index contributed by atoms with van der Waals surface area (Å²) in [5, 5.41) is 3.72. The van der Waals surface area contributed by atoms with Crippen LogP contribution in [0.5, 0.6) is 17.8 Å². The van der Waals surface area contributed by atoms with Gasteiger partial charge in [-0.15, -0.1) is 4.98 Å². The third kappa shape index (κ3) is 4.75. The van der Waals surface area contributed by atoms with Crippen LogP contribution in [0.1, 0.15) is 20.3 Å². The van der Waals surface area contributed by atoms with Crippen molar-refractivity contribution in [2.24, 2.45) is 0 Å². The first kappa shape index (κ1) is 15.3. The molecule has 1 heterocycles. The van der Waals surface area contributed by atoms with Crippen LogP contribution in [0, 0.1) is 0 Å². The van der Waals surface area contributed by atoms with Crippen LogP contribution < -0.4 is 14.8 Å². The van der Waals surface area contributed by atoms with E-state index in [-0.39, 0.29) is 12.0 Å². The summed E-state index contributed by atoms with van der Waals surface area (Å²) in [6, 6.07) is 7.36. The molecule has 1 aromatic carbocycles. The summed E-state index contributed by atoms with van der Waals surface area (Å²) in [5.74, 6) is 1.02. The van der Waals surface area contributed by atoms with Gasteiger partial charge in [-0.1, -0.05) is 18.5 Å². The summed E-state index contributed by atoms with van der Waals surface area (Å²) in [5.41, 5.74) is 0. The highest BCUT2D eigenvalue weighted by Crippen LogP contribution is 2.22. The van der Waals surface area contributed by atoms with Crippen LogP contribution in [0.3, 0.4) is 0 Å². The molecule has 1 N–H and O–H groups in total. The summed E-state index contributed by atoms with van der Waals surface area (Å²) >= 11 is 5.84. The Balaban J connectivity index is 2.19. The predicted molar refractivity (Wildman–Crippen MR) is 81.3 cm³/mol. The molecule has 2 aromatic rings. The molecule has 0 unspecified atom stereocenters. The lowest BCUT2D eigenvalue weighted by Crippen LogP contribution is -2.08. The lowest BCUT2D eigenvalue weighted by molar-refractivity contribution is 0.304. The van der Waals surface area contributed by atoms with Crippen molar-refractivity contribution in [3.05, 3.63) is 29.3 Å². The first-order valence-corrected chi connectivity index (χ1v) is 7.15.